The van der Waals surface area contributed by atoms with Crippen LogP contribution >= 0.6 is 0 Å². The second-order valence-corrected chi connectivity index (χ2v) is 8.76. The molecule has 1 aromatic rings. The molecule has 0 spiro atoms. The first-order valence-electron chi connectivity index (χ1n) is 10.8. The molecule has 0 aromatic heterocycles. The van der Waals surface area contributed by atoms with Gasteiger partial charge in [-0.25, -0.2) is 13.2 Å². The number of hydrogen-bond donors (Lipinski definition) is 0. The summed E-state index contributed by atoms with van der Waals surface area (Å²) in [4.78, 5) is 0. The molecule has 3 aliphatic rings. The van der Waals surface area contributed by atoms with Gasteiger partial charge in [-0.1, -0.05) is 0 Å². The zero-order valence-electron chi connectivity index (χ0n) is 16.7. The Balaban J connectivity index is 0.00000181. The van der Waals surface area contributed by atoms with Crippen molar-refractivity contribution in [2.24, 2.45) is 23.7 Å². The maximum atomic E-state index is 14.6. The molecule has 0 radical (unpaired) electrons. The average Bonchev–Trinajstić information content (AvgIpc) is 3.27. The number of ether oxygens (including phenoxy) is 3. The molecule has 8 heteroatoms. The minimum Gasteiger partial charge on any atom is -0.432 e. The zero-order valence-corrected chi connectivity index (χ0v) is 16.7. The van der Waals surface area contributed by atoms with Gasteiger partial charge in [-0.3, -0.25) is 0 Å². The van der Waals surface area contributed by atoms with Gasteiger partial charge in [-0.2, -0.15) is 8.78 Å². The largest absolute Gasteiger partial charge is 0.432 e. The van der Waals surface area contributed by atoms with E-state index >= 15 is 0 Å². The first-order chi connectivity index (χ1) is 14.3. The Bertz CT molecular complexity index is 709. The fourth-order valence-electron chi connectivity index (χ4n) is 5.30. The van der Waals surface area contributed by atoms with Crippen molar-refractivity contribution in [3.05, 3.63) is 29.6 Å². The summed E-state index contributed by atoms with van der Waals surface area (Å²) in [6.45, 7) is 1.31. The molecular formula is C22H31F5O3. The van der Waals surface area contributed by atoms with Crippen molar-refractivity contribution >= 4 is 0 Å². The summed E-state index contributed by atoms with van der Waals surface area (Å²) in [7, 11) is 0. The highest BCUT2D eigenvalue weighted by Gasteiger charge is 2.45. The van der Waals surface area contributed by atoms with Crippen LogP contribution in [0.3, 0.4) is 0 Å². The number of rotatable bonds is 5. The van der Waals surface area contributed by atoms with E-state index in [1.807, 2.05) is 0 Å². The van der Waals surface area contributed by atoms with Gasteiger partial charge in [0, 0.05) is 20.9 Å². The molecule has 1 heterocycles. The van der Waals surface area contributed by atoms with Crippen LogP contribution in [-0.2, 0) is 9.47 Å². The fraction of sp³-hybridized carbons (Fsp3) is 0.727. The maximum absolute atomic E-state index is 14.6. The Hall–Kier alpha value is -1.41. The molecule has 1 aromatic carbocycles. The van der Waals surface area contributed by atoms with Crippen LogP contribution < -0.4 is 4.74 Å². The normalized spacial score (nSPS) is 31.1. The number of benzene rings is 1. The summed E-state index contributed by atoms with van der Waals surface area (Å²) in [5, 5.41) is 0. The molecule has 172 valence electrons. The molecule has 1 aliphatic heterocycles. The summed E-state index contributed by atoms with van der Waals surface area (Å²) in [5.41, 5.74) is 0. The average molecular weight is 438 g/mol. The van der Waals surface area contributed by atoms with Gasteiger partial charge < -0.3 is 14.2 Å². The Labute approximate surface area is 175 Å². The predicted octanol–water partition coefficient (Wildman–Crippen LogP) is 6.55. The van der Waals surface area contributed by atoms with Crippen LogP contribution in [-0.4, -0.2) is 25.6 Å². The van der Waals surface area contributed by atoms with Crippen molar-refractivity contribution in [3.8, 4) is 5.75 Å². The lowest BCUT2D eigenvalue weighted by molar-refractivity contribution is -0.224. The number of hydrogen-bond acceptors (Lipinski definition) is 3. The van der Waals surface area contributed by atoms with Crippen LogP contribution in [0, 0.1) is 41.1 Å². The highest BCUT2D eigenvalue weighted by atomic mass is 19.3. The predicted molar refractivity (Wildman–Crippen MR) is 103 cm³/mol. The molecule has 0 atom stereocenters. The monoisotopic (exact) mass is 438 g/mol. The molecule has 1 saturated heterocycles. The quantitative estimate of drug-likeness (QED) is 0.385. The Morgan fingerprint density at radius 2 is 1.23 bits per heavy atom. The van der Waals surface area contributed by atoms with E-state index in [1.54, 1.807) is 0 Å². The molecular weight excluding hydrogens is 407 g/mol. The van der Waals surface area contributed by atoms with Crippen LogP contribution in [0.25, 0.3) is 0 Å². The summed E-state index contributed by atoms with van der Waals surface area (Å²) >= 11 is 0. The van der Waals surface area contributed by atoms with Gasteiger partial charge in [0.15, 0.2) is 23.7 Å². The number of halogens is 5. The molecule has 0 bridgehead atoms. The fourth-order valence-corrected chi connectivity index (χ4v) is 5.30. The number of alkyl halides is 2. The maximum Gasteiger partial charge on any atom is 0.400 e. The van der Waals surface area contributed by atoms with Crippen molar-refractivity contribution in [3.63, 3.8) is 0 Å². The van der Waals surface area contributed by atoms with Crippen molar-refractivity contribution in [2.45, 2.75) is 63.8 Å². The van der Waals surface area contributed by atoms with Gasteiger partial charge in [0.1, 0.15) is 5.75 Å². The summed E-state index contributed by atoms with van der Waals surface area (Å²) in [6, 6.07) is 0.905. The highest BCUT2D eigenvalue weighted by molar-refractivity contribution is 5.25. The smallest absolute Gasteiger partial charge is 0.400 e. The highest BCUT2D eigenvalue weighted by Crippen LogP contribution is 2.46. The van der Waals surface area contributed by atoms with E-state index in [9.17, 15) is 22.0 Å². The van der Waals surface area contributed by atoms with Crippen molar-refractivity contribution in [2.75, 3.05) is 13.2 Å². The van der Waals surface area contributed by atoms with E-state index in [4.69, 9.17) is 9.47 Å². The summed E-state index contributed by atoms with van der Waals surface area (Å²) in [6.07, 6.45) is 2.50. The van der Waals surface area contributed by atoms with Crippen molar-refractivity contribution < 1.29 is 39.0 Å². The third kappa shape index (κ3) is 4.74. The van der Waals surface area contributed by atoms with Crippen molar-refractivity contribution in [1.82, 2.24) is 0 Å². The SMILES string of the molecule is Fc1cc(OC(F)(F)C2CCC(C3CCC(C4OCCO4)CC3)CC2)cc(F)c1F.[HH].[HH]. The molecule has 0 amide bonds. The van der Waals surface area contributed by atoms with Gasteiger partial charge in [-0.05, 0) is 63.2 Å². The minimum atomic E-state index is -3.56. The lowest BCUT2D eigenvalue weighted by Gasteiger charge is -2.39. The van der Waals surface area contributed by atoms with Crippen LogP contribution in [0.5, 0.6) is 5.75 Å². The van der Waals surface area contributed by atoms with E-state index in [2.05, 4.69) is 4.74 Å². The Kier molecular flexibility index (Phi) is 6.53. The molecule has 2 aliphatic carbocycles. The van der Waals surface area contributed by atoms with E-state index < -0.39 is 35.2 Å². The van der Waals surface area contributed by atoms with Crippen LogP contribution in [0.15, 0.2) is 12.1 Å². The van der Waals surface area contributed by atoms with Gasteiger partial charge in [0.25, 0.3) is 0 Å². The first kappa shape index (κ1) is 21.8. The molecule has 0 unspecified atom stereocenters. The van der Waals surface area contributed by atoms with Crippen LogP contribution in [0.2, 0.25) is 0 Å². The Morgan fingerprint density at radius 3 is 1.77 bits per heavy atom. The summed E-state index contributed by atoms with van der Waals surface area (Å²) < 4.78 is 84.5. The van der Waals surface area contributed by atoms with Gasteiger partial charge >= 0.3 is 6.11 Å². The molecule has 2 saturated carbocycles. The van der Waals surface area contributed by atoms with Crippen LogP contribution in [0.4, 0.5) is 22.0 Å². The second kappa shape index (κ2) is 8.99. The van der Waals surface area contributed by atoms with Gasteiger partial charge in [0.2, 0.25) is 0 Å². The van der Waals surface area contributed by atoms with Crippen LogP contribution in [0.1, 0.15) is 54.2 Å². The van der Waals surface area contributed by atoms with E-state index in [1.165, 1.54) is 0 Å². The van der Waals surface area contributed by atoms with Gasteiger partial charge in [-0.15, -0.1) is 0 Å². The second-order valence-electron chi connectivity index (χ2n) is 8.76. The molecule has 0 N–H and O–H groups in total. The molecule has 30 heavy (non-hydrogen) atoms. The molecule has 4 rings (SSSR count). The van der Waals surface area contributed by atoms with E-state index in [0.717, 1.165) is 25.7 Å². The third-order valence-electron chi connectivity index (χ3n) is 6.97. The topological polar surface area (TPSA) is 27.7 Å². The van der Waals surface area contributed by atoms with E-state index in [-0.39, 0.29) is 9.14 Å². The standard InChI is InChI=1S/C22H27F5O3.2H2/c23-18-11-17(12-19(24)20(18)25)30-22(26,27)16-7-5-14(6-8-16)13-1-3-15(4-2-13)21-28-9-10-29-21;;/h11-16,21H,1-10H2;2*1H. The molecule has 3 fully saturated rings. The first-order valence-corrected chi connectivity index (χ1v) is 10.8. The lowest BCUT2D eigenvalue weighted by Crippen LogP contribution is -2.38. The third-order valence-corrected chi connectivity index (χ3v) is 6.97. The minimum absolute atomic E-state index is 0. The van der Waals surface area contributed by atoms with E-state index in [0.29, 0.717) is 68.8 Å². The summed E-state index contributed by atoms with van der Waals surface area (Å²) in [5.74, 6) is -5.17. The van der Waals surface area contributed by atoms with Crippen molar-refractivity contribution in [1.29, 1.82) is 0 Å². The Morgan fingerprint density at radius 1 is 0.767 bits per heavy atom. The molecule has 3 nitrogen and oxygen atoms in total. The lowest BCUT2D eigenvalue weighted by atomic mass is 9.69. The zero-order chi connectivity index (χ0) is 21.3. The van der Waals surface area contributed by atoms with Gasteiger partial charge in [0.05, 0.1) is 19.1 Å².